The number of hydrogen-bond donors (Lipinski definition) is 1. The molecule has 1 amide bonds. The first-order chi connectivity index (χ1) is 12.2. The highest BCUT2D eigenvalue weighted by molar-refractivity contribution is 5.80. The summed E-state index contributed by atoms with van der Waals surface area (Å²) in [6.45, 7) is 3.75. The summed E-state index contributed by atoms with van der Waals surface area (Å²) in [6, 6.07) is 10.6. The quantitative estimate of drug-likeness (QED) is 0.933. The number of anilines is 1. The molecule has 2 heterocycles. The molecule has 2 aliphatic rings. The number of carbonyl (C=O) groups is 1. The van der Waals surface area contributed by atoms with Gasteiger partial charge < -0.3 is 10.2 Å². The summed E-state index contributed by atoms with van der Waals surface area (Å²) in [5.74, 6) is 1.92. The molecule has 1 aliphatic heterocycles. The maximum Gasteiger partial charge on any atom is 0.225 e. The van der Waals surface area contributed by atoms with Crippen molar-refractivity contribution in [2.24, 2.45) is 5.92 Å². The topological polar surface area (TPSA) is 58.1 Å². The molecule has 130 valence electrons. The number of carbonyl (C=O) groups excluding carboxylic acids is 1. The number of rotatable bonds is 4. The van der Waals surface area contributed by atoms with Gasteiger partial charge in [-0.05, 0) is 38.7 Å². The van der Waals surface area contributed by atoms with E-state index in [1.165, 1.54) is 5.56 Å². The van der Waals surface area contributed by atoms with Gasteiger partial charge in [-0.25, -0.2) is 9.97 Å². The normalized spacial score (nSPS) is 20.4. The Morgan fingerprint density at radius 2 is 1.96 bits per heavy atom. The molecule has 0 radical (unpaired) electrons. The second-order valence-electron chi connectivity index (χ2n) is 7.17. The average Bonchev–Trinajstić information content (AvgIpc) is 3.46. The highest BCUT2D eigenvalue weighted by Gasteiger charge is 2.30. The van der Waals surface area contributed by atoms with E-state index in [-0.39, 0.29) is 11.8 Å². The van der Waals surface area contributed by atoms with Crippen molar-refractivity contribution < 1.29 is 4.79 Å². The standard InChI is InChI=1S/C20H24N4O/c1-14-4-6-15(7-5-14)19-21-11-10-18(23-19)24-12-2-3-16(13-24)20(25)22-17-8-9-17/h4-7,10-11,16-17H,2-3,8-9,12-13H2,1H3,(H,22,25). The van der Waals surface area contributed by atoms with Gasteiger partial charge in [-0.15, -0.1) is 0 Å². The number of nitrogens with one attached hydrogen (secondary N) is 1. The third-order valence-electron chi connectivity index (χ3n) is 4.99. The Morgan fingerprint density at radius 3 is 2.72 bits per heavy atom. The first kappa shape index (κ1) is 16.1. The molecule has 25 heavy (non-hydrogen) atoms. The van der Waals surface area contributed by atoms with Gasteiger partial charge in [-0.1, -0.05) is 29.8 Å². The molecule has 1 atom stereocenters. The maximum atomic E-state index is 12.4. The Kier molecular flexibility index (Phi) is 4.38. The molecule has 0 bridgehead atoms. The zero-order chi connectivity index (χ0) is 17.2. The van der Waals surface area contributed by atoms with Crippen molar-refractivity contribution >= 4 is 11.7 Å². The van der Waals surface area contributed by atoms with Gasteiger partial charge in [-0.2, -0.15) is 0 Å². The fourth-order valence-corrected chi connectivity index (χ4v) is 3.31. The Labute approximate surface area is 148 Å². The van der Waals surface area contributed by atoms with Crippen LogP contribution in [0.4, 0.5) is 5.82 Å². The molecule has 1 aliphatic carbocycles. The number of hydrogen-bond acceptors (Lipinski definition) is 4. The summed E-state index contributed by atoms with van der Waals surface area (Å²) in [4.78, 5) is 23.8. The number of aromatic nitrogens is 2. The van der Waals surface area contributed by atoms with Crippen LogP contribution < -0.4 is 10.2 Å². The van der Waals surface area contributed by atoms with Crippen molar-refractivity contribution in [2.75, 3.05) is 18.0 Å². The number of amides is 1. The van der Waals surface area contributed by atoms with Crippen LogP contribution in [-0.4, -0.2) is 35.0 Å². The molecule has 5 nitrogen and oxygen atoms in total. The van der Waals surface area contributed by atoms with Gasteiger partial charge in [-0.3, -0.25) is 4.79 Å². The molecule has 1 N–H and O–H groups in total. The Morgan fingerprint density at radius 1 is 1.16 bits per heavy atom. The number of aryl methyl sites for hydroxylation is 1. The molecule has 4 rings (SSSR count). The van der Waals surface area contributed by atoms with Gasteiger partial charge in [0.15, 0.2) is 5.82 Å². The van der Waals surface area contributed by atoms with Crippen LogP contribution in [0.2, 0.25) is 0 Å². The molecule has 1 unspecified atom stereocenters. The molecule has 0 spiro atoms. The molecular weight excluding hydrogens is 312 g/mol. The van der Waals surface area contributed by atoms with Gasteiger partial charge in [0, 0.05) is 30.9 Å². The van der Waals surface area contributed by atoms with Crippen LogP contribution in [0, 0.1) is 12.8 Å². The van der Waals surface area contributed by atoms with Gasteiger partial charge in [0.05, 0.1) is 5.92 Å². The first-order valence-electron chi connectivity index (χ1n) is 9.14. The van der Waals surface area contributed by atoms with Crippen molar-refractivity contribution in [3.63, 3.8) is 0 Å². The van der Waals surface area contributed by atoms with E-state index in [0.717, 1.165) is 56.0 Å². The lowest BCUT2D eigenvalue weighted by Crippen LogP contribution is -2.44. The first-order valence-corrected chi connectivity index (χ1v) is 9.14. The lowest BCUT2D eigenvalue weighted by molar-refractivity contribution is -0.125. The summed E-state index contributed by atoms with van der Waals surface area (Å²) in [7, 11) is 0. The molecule has 1 saturated heterocycles. The molecule has 5 heteroatoms. The lowest BCUT2D eigenvalue weighted by atomic mass is 9.97. The Balaban J connectivity index is 1.49. The Bertz CT molecular complexity index is 755. The second kappa shape index (κ2) is 6.82. The fraction of sp³-hybridized carbons (Fsp3) is 0.450. The van der Waals surface area contributed by atoms with E-state index < -0.39 is 0 Å². The minimum Gasteiger partial charge on any atom is -0.356 e. The van der Waals surface area contributed by atoms with Crippen molar-refractivity contribution in [1.82, 2.24) is 15.3 Å². The highest BCUT2D eigenvalue weighted by atomic mass is 16.2. The summed E-state index contributed by atoms with van der Waals surface area (Å²) in [5, 5.41) is 3.14. The molecule has 2 aromatic rings. The third-order valence-corrected chi connectivity index (χ3v) is 4.99. The third kappa shape index (κ3) is 3.81. The summed E-state index contributed by atoms with van der Waals surface area (Å²) < 4.78 is 0. The average molecular weight is 336 g/mol. The minimum atomic E-state index is 0.0622. The van der Waals surface area contributed by atoms with Gasteiger partial charge in [0.2, 0.25) is 5.91 Å². The smallest absolute Gasteiger partial charge is 0.225 e. The van der Waals surface area contributed by atoms with Crippen LogP contribution in [0.1, 0.15) is 31.2 Å². The second-order valence-corrected chi connectivity index (χ2v) is 7.17. The molecular formula is C20H24N4O. The largest absolute Gasteiger partial charge is 0.356 e. The highest BCUT2D eigenvalue weighted by Crippen LogP contribution is 2.25. The van der Waals surface area contributed by atoms with Crippen molar-refractivity contribution in [3.05, 3.63) is 42.1 Å². The summed E-state index contributed by atoms with van der Waals surface area (Å²) in [6.07, 6.45) is 6.06. The van der Waals surface area contributed by atoms with Crippen LogP contribution in [0.15, 0.2) is 36.5 Å². The van der Waals surface area contributed by atoms with E-state index in [0.29, 0.717) is 6.04 Å². The molecule has 1 aromatic carbocycles. The zero-order valence-electron chi connectivity index (χ0n) is 14.6. The molecule has 1 aromatic heterocycles. The Hall–Kier alpha value is -2.43. The van der Waals surface area contributed by atoms with Crippen LogP contribution >= 0.6 is 0 Å². The van der Waals surface area contributed by atoms with E-state index in [4.69, 9.17) is 4.98 Å². The van der Waals surface area contributed by atoms with Crippen molar-refractivity contribution in [3.8, 4) is 11.4 Å². The summed E-state index contributed by atoms with van der Waals surface area (Å²) >= 11 is 0. The molecule has 1 saturated carbocycles. The van der Waals surface area contributed by atoms with E-state index >= 15 is 0 Å². The predicted molar refractivity (Wildman–Crippen MR) is 98.3 cm³/mol. The summed E-state index contributed by atoms with van der Waals surface area (Å²) in [5.41, 5.74) is 2.24. The van der Waals surface area contributed by atoms with Crippen molar-refractivity contribution in [2.45, 2.75) is 38.6 Å². The van der Waals surface area contributed by atoms with E-state index in [9.17, 15) is 4.79 Å². The minimum absolute atomic E-state index is 0.0622. The van der Waals surface area contributed by atoms with E-state index in [2.05, 4.69) is 46.4 Å². The van der Waals surface area contributed by atoms with Crippen LogP contribution in [0.5, 0.6) is 0 Å². The monoisotopic (exact) mass is 336 g/mol. The van der Waals surface area contributed by atoms with E-state index in [1.807, 2.05) is 12.3 Å². The van der Waals surface area contributed by atoms with Crippen LogP contribution in [-0.2, 0) is 4.79 Å². The number of benzene rings is 1. The van der Waals surface area contributed by atoms with Crippen LogP contribution in [0.25, 0.3) is 11.4 Å². The molecule has 2 fully saturated rings. The van der Waals surface area contributed by atoms with Gasteiger partial charge in [0.1, 0.15) is 5.82 Å². The number of piperidine rings is 1. The van der Waals surface area contributed by atoms with Gasteiger partial charge >= 0.3 is 0 Å². The maximum absolute atomic E-state index is 12.4. The lowest BCUT2D eigenvalue weighted by Gasteiger charge is -2.33. The van der Waals surface area contributed by atoms with Crippen LogP contribution in [0.3, 0.4) is 0 Å². The number of nitrogens with zero attached hydrogens (tertiary/aromatic N) is 3. The predicted octanol–water partition coefficient (Wildman–Crippen LogP) is 2.95. The van der Waals surface area contributed by atoms with Crippen molar-refractivity contribution in [1.29, 1.82) is 0 Å². The van der Waals surface area contributed by atoms with E-state index in [1.54, 1.807) is 0 Å². The SMILES string of the molecule is Cc1ccc(-c2nccc(N3CCCC(C(=O)NC4CC4)C3)n2)cc1. The zero-order valence-corrected chi connectivity index (χ0v) is 14.6. The van der Waals surface area contributed by atoms with Gasteiger partial charge in [0.25, 0.3) is 0 Å². The fourth-order valence-electron chi connectivity index (χ4n) is 3.31.